The molecule has 4 aromatic rings. The summed E-state index contributed by atoms with van der Waals surface area (Å²) in [6.07, 6.45) is 5.03. The molecule has 30 heavy (non-hydrogen) atoms. The van der Waals surface area contributed by atoms with Crippen LogP contribution in [0.1, 0.15) is 23.1 Å². The van der Waals surface area contributed by atoms with Crippen molar-refractivity contribution in [3.63, 3.8) is 0 Å². The number of rotatable bonds is 6. The molecule has 0 saturated carbocycles. The lowest BCUT2D eigenvalue weighted by Crippen LogP contribution is -2.26. The highest BCUT2D eigenvalue weighted by atomic mass is 19.1. The Morgan fingerprint density at radius 1 is 1.00 bits per heavy atom. The third-order valence-electron chi connectivity index (χ3n) is 4.71. The van der Waals surface area contributed by atoms with E-state index in [0.29, 0.717) is 30.0 Å². The summed E-state index contributed by atoms with van der Waals surface area (Å²) in [5.74, 6) is -0.581. The largest absolute Gasteiger partial charge is 0.345 e. The zero-order valence-corrected chi connectivity index (χ0v) is 16.4. The van der Waals surface area contributed by atoms with Gasteiger partial charge in [0.1, 0.15) is 17.2 Å². The molecule has 0 aliphatic carbocycles. The smallest absolute Gasteiger partial charge is 0.270 e. The average Bonchev–Trinajstić information content (AvgIpc) is 3.19. The maximum atomic E-state index is 13.5. The first kappa shape index (κ1) is 19.4. The van der Waals surface area contributed by atoms with Crippen molar-refractivity contribution in [3.05, 3.63) is 90.4 Å². The van der Waals surface area contributed by atoms with Gasteiger partial charge in [0, 0.05) is 36.3 Å². The quantitative estimate of drug-likeness (QED) is 0.528. The summed E-state index contributed by atoms with van der Waals surface area (Å²) < 4.78 is 15.1. The number of benzene rings is 1. The van der Waals surface area contributed by atoms with E-state index in [1.165, 1.54) is 12.1 Å². The molecule has 3 heterocycles. The van der Waals surface area contributed by atoms with Crippen molar-refractivity contribution in [2.45, 2.75) is 20.0 Å². The van der Waals surface area contributed by atoms with Crippen LogP contribution < -0.4 is 5.32 Å². The van der Waals surface area contributed by atoms with Crippen LogP contribution in [0, 0.1) is 5.82 Å². The van der Waals surface area contributed by atoms with Crippen LogP contribution in [0.15, 0.2) is 73.2 Å². The van der Waals surface area contributed by atoms with E-state index in [0.717, 1.165) is 16.8 Å². The number of aromatic nitrogens is 4. The van der Waals surface area contributed by atoms with Gasteiger partial charge in [-0.3, -0.25) is 19.4 Å². The third-order valence-corrected chi connectivity index (χ3v) is 4.71. The fraction of sp³-hybridized carbons (Fsp3) is 0.130. The lowest BCUT2D eigenvalue weighted by molar-refractivity contribution is 0.0940. The first-order chi connectivity index (χ1) is 14.7. The molecule has 6 nitrogen and oxygen atoms in total. The zero-order valence-electron chi connectivity index (χ0n) is 16.4. The van der Waals surface area contributed by atoms with E-state index in [-0.39, 0.29) is 11.7 Å². The van der Waals surface area contributed by atoms with Gasteiger partial charge in [0.15, 0.2) is 0 Å². The van der Waals surface area contributed by atoms with Crippen molar-refractivity contribution >= 4 is 5.91 Å². The van der Waals surface area contributed by atoms with E-state index >= 15 is 0 Å². The van der Waals surface area contributed by atoms with Gasteiger partial charge in [0.05, 0.1) is 12.2 Å². The van der Waals surface area contributed by atoms with Gasteiger partial charge in [-0.25, -0.2) is 4.39 Å². The molecule has 0 unspecified atom stereocenters. The SMILES string of the molecule is CCn1nc(-c2ccc(F)cc2)c(-c2ccncc2)c1C(=O)NCc1ccccn1. The summed E-state index contributed by atoms with van der Waals surface area (Å²) in [4.78, 5) is 21.5. The Morgan fingerprint density at radius 2 is 1.77 bits per heavy atom. The standard InChI is InChI=1S/C23H20FN5O/c1-2-29-22(23(30)27-15-19-5-3-4-12-26-19)20(16-10-13-25-14-11-16)21(28-29)17-6-8-18(24)9-7-17/h3-14H,2,15H2,1H3,(H,27,30). The van der Waals surface area contributed by atoms with Crippen molar-refractivity contribution in [2.24, 2.45) is 0 Å². The first-order valence-electron chi connectivity index (χ1n) is 9.62. The molecule has 0 aliphatic rings. The predicted molar refractivity (Wildman–Crippen MR) is 112 cm³/mol. The summed E-state index contributed by atoms with van der Waals surface area (Å²) in [5.41, 5.74) is 4.05. The van der Waals surface area contributed by atoms with Gasteiger partial charge in [0.25, 0.3) is 5.91 Å². The monoisotopic (exact) mass is 401 g/mol. The van der Waals surface area contributed by atoms with Gasteiger partial charge in [0.2, 0.25) is 0 Å². The molecular weight excluding hydrogens is 381 g/mol. The number of hydrogen-bond acceptors (Lipinski definition) is 4. The maximum Gasteiger partial charge on any atom is 0.270 e. The molecule has 0 aliphatic heterocycles. The molecule has 1 aromatic carbocycles. The number of pyridine rings is 2. The van der Waals surface area contributed by atoms with Gasteiger partial charge in [-0.15, -0.1) is 0 Å². The lowest BCUT2D eigenvalue weighted by atomic mass is 9.99. The van der Waals surface area contributed by atoms with Crippen molar-refractivity contribution < 1.29 is 9.18 Å². The molecule has 0 radical (unpaired) electrons. The van der Waals surface area contributed by atoms with Crippen LogP contribution in [0.4, 0.5) is 4.39 Å². The van der Waals surface area contributed by atoms with Crippen LogP contribution in [0.3, 0.4) is 0 Å². The van der Waals surface area contributed by atoms with E-state index in [1.54, 1.807) is 35.4 Å². The van der Waals surface area contributed by atoms with E-state index in [9.17, 15) is 9.18 Å². The van der Waals surface area contributed by atoms with Crippen LogP contribution >= 0.6 is 0 Å². The highest BCUT2D eigenvalue weighted by Gasteiger charge is 2.25. The molecule has 0 fully saturated rings. The minimum Gasteiger partial charge on any atom is -0.345 e. The Labute approximate surface area is 173 Å². The van der Waals surface area contributed by atoms with Crippen LogP contribution in [-0.4, -0.2) is 25.7 Å². The molecule has 1 amide bonds. The number of amides is 1. The van der Waals surface area contributed by atoms with E-state index < -0.39 is 0 Å². The molecule has 150 valence electrons. The number of nitrogens with one attached hydrogen (secondary N) is 1. The molecule has 0 spiro atoms. The fourth-order valence-electron chi connectivity index (χ4n) is 3.28. The minimum absolute atomic E-state index is 0.254. The molecule has 1 N–H and O–H groups in total. The van der Waals surface area contributed by atoms with Gasteiger partial charge in [-0.1, -0.05) is 6.07 Å². The Morgan fingerprint density at radius 3 is 2.43 bits per heavy atom. The fourth-order valence-corrected chi connectivity index (χ4v) is 3.28. The summed E-state index contributed by atoms with van der Waals surface area (Å²) >= 11 is 0. The Balaban J connectivity index is 1.80. The van der Waals surface area contributed by atoms with Crippen molar-refractivity contribution in [1.82, 2.24) is 25.1 Å². The lowest BCUT2D eigenvalue weighted by Gasteiger charge is -2.10. The molecule has 0 bridgehead atoms. The Bertz CT molecular complexity index is 1140. The van der Waals surface area contributed by atoms with Gasteiger partial charge >= 0.3 is 0 Å². The van der Waals surface area contributed by atoms with Crippen LogP contribution in [0.5, 0.6) is 0 Å². The van der Waals surface area contributed by atoms with E-state index in [4.69, 9.17) is 0 Å². The zero-order chi connectivity index (χ0) is 20.9. The van der Waals surface area contributed by atoms with Gasteiger partial charge < -0.3 is 5.32 Å². The third kappa shape index (κ3) is 3.96. The number of halogens is 1. The first-order valence-corrected chi connectivity index (χ1v) is 9.62. The molecule has 7 heteroatoms. The second kappa shape index (κ2) is 8.65. The molecule has 0 saturated heterocycles. The minimum atomic E-state index is -0.326. The second-order valence-corrected chi connectivity index (χ2v) is 6.63. The maximum absolute atomic E-state index is 13.5. The van der Waals surface area contributed by atoms with E-state index in [1.807, 2.05) is 37.3 Å². The summed E-state index contributed by atoms with van der Waals surface area (Å²) in [5, 5.41) is 7.61. The van der Waals surface area contributed by atoms with Crippen molar-refractivity contribution in [1.29, 1.82) is 0 Å². The summed E-state index contributed by atoms with van der Waals surface area (Å²) in [6.45, 7) is 2.73. The topological polar surface area (TPSA) is 72.7 Å². The average molecular weight is 401 g/mol. The van der Waals surface area contributed by atoms with Gasteiger partial charge in [-0.2, -0.15) is 5.10 Å². The van der Waals surface area contributed by atoms with Crippen molar-refractivity contribution in [2.75, 3.05) is 0 Å². The normalized spacial score (nSPS) is 10.7. The second-order valence-electron chi connectivity index (χ2n) is 6.63. The summed E-state index contributed by atoms with van der Waals surface area (Å²) in [7, 11) is 0. The van der Waals surface area contributed by atoms with Crippen molar-refractivity contribution in [3.8, 4) is 22.4 Å². The number of carbonyl (C=O) groups is 1. The highest BCUT2D eigenvalue weighted by molar-refractivity contribution is 6.03. The number of nitrogens with zero attached hydrogens (tertiary/aromatic N) is 4. The van der Waals surface area contributed by atoms with Gasteiger partial charge in [-0.05, 0) is 61.0 Å². The molecule has 4 rings (SSSR count). The molecule has 3 aromatic heterocycles. The predicted octanol–water partition coefficient (Wildman–Crippen LogP) is 4.10. The Kier molecular flexibility index (Phi) is 5.61. The Hall–Kier alpha value is -3.87. The number of hydrogen-bond donors (Lipinski definition) is 1. The highest BCUT2D eigenvalue weighted by Crippen LogP contribution is 2.34. The molecular formula is C23H20FN5O. The van der Waals surface area contributed by atoms with E-state index in [2.05, 4.69) is 20.4 Å². The molecule has 0 atom stereocenters. The number of aryl methyl sites for hydroxylation is 1. The van der Waals surface area contributed by atoms with Crippen LogP contribution in [0.25, 0.3) is 22.4 Å². The van der Waals surface area contributed by atoms with Crippen LogP contribution in [0.2, 0.25) is 0 Å². The summed E-state index contributed by atoms with van der Waals surface area (Å²) in [6, 6.07) is 15.3. The van der Waals surface area contributed by atoms with Crippen LogP contribution in [-0.2, 0) is 13.1 Å². The number of carbonyl (C=O) groups excluding carboxylic acids is 1.